The lowest BCUT2D eigenvalue weighted by molar-refractivity contribution is 0.0224. The summed E-state index contributed by atoms with van der Waals surface area (Å²) in [6.45, 7) is 8.52. The molecule has 204 valence electrons. The minimum atomic E-state index is -1.07. The lowest BCUT2D eigenvalue weighted by Gasteiger charge is -2.38. The quantitative estimate of drug-likeness (QED) is 0.219. The highest BCUT2D eigenvalue weighted by molar-refractivity contribution is 5.97. The van der Waals surface area contributed by atoms with Gasteiger partial charge in [-0.2, -0.15) is 0 Å². The van der Waals surface area contributed by atoms with Crippen LogP contribution in [-0.2, 0) is 10.3 Å². The van der Waals surface area contributed by atoms with Gasteiger partial charge in [0.25, 0.3) is 0 Å². The van der Waals surface area contributed by atoms with Gasteiger partial charge in [0.15, 0.2) is 5.60 Å². The molecular formula is C35H36N2O3. The third-order valence-electron chi connectivity index (χ3n) is 8.02. The second-order valence-electron chi connectivity index (χ2n) is 10.7. The zero-order valence-electron chi connectivity index (χ0n) is 23.5. The fourth-order valence-electron chi connectivity index (χ4n) is 5.89. The van der Waals surface area contributed by atoms with Crippen molar-refractivity contribution in [1.82, 2.24) is 0 Å². The number of aryl methyl sites for hydroxylation is 1. The van der Waals surface area contributed by atoms with Crippen molar-refractivity contribution < 1.29 is 14.3 Å². The number of anilines is 3. The molecule has 4 aromatic carbocycles. The van der Waals surface area contributed by atoms with Crippen LogP contribution in [0.1, 0.15) is 72.1 Å². The lowest BCUT2D eigenvalue weighted by Crippen LogP contribution is -2.33. The molecule has 2 aliphatic rings. The average molecular weight is 533 g/mol. The molecule has 0 aliphatic carbocycles. The van der Waals surface area contributed by atoms with E-state index < -0.39 is 5.60 Å². The highest BCUT2D eigenvalue weighted by Crippen LogP contribution is 2.57. The van der Waals surface area contributed by atoms with Gasteiger partial charge < -0.3 is 19.7 Å². The summed E-state index contributed by atoms with van der Waals surface area (Å²) in [5.74, 6) is 1.10. The van der Waals surface area contributed by atoms with E-state index in [1.54, 1.807) is 0 Å². The van der Waals surface area contributed by atoms with Crippen LogP contribution in [0.2, 0.25) is 0 Å². The van der Waals surface area contributed by atoms with Gasteiger partial charge in [0, 0.05) is 59.0 Å². The Morgan fingerprint density at radius 2 is 1.48 bits per heavy atom. The SMILES string of the molecule is CCCCN(CCCC)c1ccc2c(c1)Oc1cc(Nc3ccccc3)c(C)cc1C21OC(=O)c2ccccc21. The van der Waals surface area contributed by atoms with Gasteiger partial charge in [0.05, 0.1) is 5.56 Å². The average Bonchev–Trinajstić information content (AvgIpc) is 3.27. The lowest BCUT2D eigenvalue weighted by atomic mass is 9.77. The van der Waals surface area contributed by atoms with Crippen LogP contribution in [0.25, 0.3) is 0 Å². The van der Waals surface area contributed by atoms with E-state index in [9.17, 15) is 4.79 Å². The summed E-state index contributed by atoms with van der Waals surface area (Å²) in [6, 6.07) is 28.4. The van der Waals surface area contributed by atoms with Gasteiger partial charge in [-0.05, 0) is 61.7 Å². The number of benzene rings is 4. The maximum atomic E-state index is 13.3. The van der Waals surface area contributed by atoms with E-state index in [1.807, 2.05) is 60.7 Å². The number of unbranched alkanes of at least 4 members (excludes halogenated alkanes) is 2. The molecule has 4 aromatic rings. The van der Waals surface area contributed by atoms with Crippen molar-refractivity contribution in [3.8, 4) is 11.5 Å². The van der Waals surface area contributed by atoms with E-state index in [1.165, 1.54) is 0 Å². The maximum absolute atomic E-state index is 13.3. The van der Waals surface area contributed by atoms with Gasteiger partial charge in [-0.15, -0.1) is 0 Å². The molecule has 1 unspecified atom stereocenters. The number of hydrogen-bond donors (Lipinski definition) is 1. The summed E-state index contributed by atoms with van der Waals surface area (Å²) < 4.78 is 13.1. The van der Waals surface area contributed by atoms with E-state index in [4.69, 9.17) is 9.47 Å². The summed E-state index contributed by atoms with van der Waals surface area (Å²) in [5, 5.41) is 3.53. The van der Waals surface area contributed by atoms with E-state index in [2.05, 4.69) is 55.3 Å². The van der Waals surface area contributed by atoms with Crippen molar-refractivity contribution in [3.05, 3.63) is 113 Å². The molecule has 5 heteroatoms. The Balaban J connectivity index is 1.51. The molecular weight excluding hydrogens is 496 g/mol. The first kappa shape index (κ1) is 26.0. The molecule has 40 heavy (non-hydrogen) atoms. The third-order valence-corrected chi connectivity index (χ3v) is 8.02. The standard InChI is InChI=1S/C35H36N2O3/c1-4-6-19-37(20-7-5-2)26-17-18-29-32(22-26)39-33-23-31(36-25-13-9-8-10-14-25)24(3)21-30(33)35(29)28-16-12-11-15-27(28)34(38)40-35/h8-18,21-23,36H,4-7,19-20H2,1-3H3. The number of rotatable bonds is 9. The molecule has 2 heterocycles. The Kier molecular flexibility index (Phi) is 6.97. The van der Waals surface area contributed by atoms with Crippen LogP contribution in [0.15, 0.2) is 84.9 Å². The van der Waals surface area contributed by atoms with Gasteiger partial charge in [-0.25, -0.2) is 4.79 Å². The molecule has 0 saturated heterocycles. The number of nitrogens with one attached hydrogen (secondary N) is 1. The molecule has 0 radical (unpaired) electrons. The van der Waals surface area contributed by atoms with Gasteiger partial charge in [0.2, 0.25) is 0 Å². The largest absolute Gasteiger partial charge is 0.456 e. The van der Waals surface area contributed by atoms with Crippen molar-refractivity contribution >= 4 is 23.0 Å². The zero-order valence-corrected chi connectivity index (χ0v) is 23.5. The zero-order chi connectivity index (χ0) is 27.7. The third kappa shape index (κ3) is 4.40. The Bertz CT molecular complexity index is 1540. The summed E-state index contributed by atoms with van der Waals surface area (Å²) in [5.41, 5.74) is 6.21. The monoisotopic (exact) mass is 532 g/mol. The van der Waals surface area contributed by atoms with Crippen molar-refractivity contribution in [2.24, 2.45) is 0 Å². The predicted molar refractivity (Wildman–Crippen MR) is 161 cm³/mol. The second-order valence-corrected chi connectivity index (χ2v) is 10.7. The van der Waals surface area contributed by atoms with Crippen molar-refractivity contribution in [3.63, 3.8) is 0 Å². The number of carbonyl (C=O) groups is 1. The van der Waals surface area contributed by atoms with Crippen LogP contribution in [-0.4, -0.2) is 19.1 Å². The molecule has 0 aromatic heterocycles. The van der Waals surface area contributed by atoms with Crippen LogP contribution < -0.4 is 15.0 Å². The topological polar surface area (TPSA) is 50.8 Å². The number of para-hydroxylation sites is 1. The molecule has 0 bridgehead atoms. The Morgan fingerprint density at radius 1 is 0.775 bits per heavy atom. The van der Waals surface area contributed by atoms with E-state index >= 15 is 0 Å². The Labute approximate surface area is 236 Å². The smallest absolute Gasteiger partial charge is 0.340 e. The van der Waals surface area contributed by atoms with Gasteiger partial charge in [-0.3, -0.25) is 0 Å². The van der Waals surface area contributed by atoms with Gasteiger partial charge >= 0.3 is 5.97 Å². The summed E-state index contributed by atoms with van der Waals surface area (Å²) in [4.78, 5) is 15.7. The summed E-state index contributed by atoms with van der Waals surface area (Å²) in [6.07, 6.45) is 4.55. The normalized spacial score (nSPS) is 16.5. The van der Waals surface area contributed by atoms with Crippen LogP contribution >= 0.6 is 0 Å². The van der Waals surface area contributed by atoms with E-state index in [0.717, 1.165) is 83.8 Å². The number of carbonyl (C=O) groups excluding carboxylic acids is 1. The van der Waals surface area contributed by atoms with E-state index in [-0.39, 0.29) is 5.97 Å². The summed E-state index contributed by atoms with van der Waals surface area (Å²) >= 11 is 0. The molecule has 0 saturated carbocycles. The highest BCUT2D eigenvalue weighted by atomic mass is 16.6. The molecule has 5 nitrogen and oxygen atoms in total. The summed E-state index contributed by atoms with van der Waals surface area (Å²) in [7, 11) is 0. The number of hydrogen-bond acceptors (Lipinski definition) is 5. The molecule has 2 aliphatic heterocycles. The van der Waals surface area contributed by atoms with Crippen molar-refractivity contribution in [2.75, 3.05) is 23.3 Å². The first-order chi connectivity index (χ1) is 19.5. The first-order valence-corrected chi connectivity index (χ1v) is 14.4. The highest BCUT2D eigenvalue weighted by Gasteiger charge is 2.53. The van der Waals surface area contributed by atoms with Crippen molar-refractivity contribution in [1.29, 1.82) is 0 Å². The maximum Gasteiger partial charge on any atom is 0.340 e. The molecule has 0 fully saturated rings. The number of esters is 1. The fraction of sp³-hybridized carbons (Fsp3) is 0.286. The van der Waals surface area contributed by atoms with Crippen LogP contribution in [0.4, 0.5) is 17.1 Å². The van der Waals surface area contributed by atoms with Crippen LogP contribution in [0.5, 0.6) is 11.5 Å². The predicted octanol–water partition coefficient (Wildman–Crippen LogP) is 8.71. The van der Waals surface area contributed by atoms with E-state index in [0.29, 0.717) is 11.3 Å². The van der Waals surface area contributed by atoms with Gasteiger partial charge in [0.1, 0.15) is 11.5 Å². The van der Waals surface area contributed by atoms with Crippen LogP contribution in [0.3, 0.4) is 0 Å². The second kappa shape index (κ2) is 10.7. The molecule has 1 spiro atoms. The fourth-order valence-corrected chi connectivity index (χ4v) is 5.89. The minimum absolute atomic E-state index is 0.310. The molecule has 0 amide bonds. The van der Waals surface area contributed by atoms with Crippen LogP contribution in [0, 0.1) is 6.92 Å². The molecule has 1 N–H and O–H groups in total. The number of ether oxygens (including phenoxy) is 2. The Hall–Kier alpha value is -4.25. The number of nitrogens with zero attached hydrogens (tertiary/aromatic N) is 1. The first-order valence-electron chi connectivity index (χ1n) is 14.4. The molecule has 6 rings (SSSR count). The number of fused-ring (bicyclic) bond motifs is 6. The molecule has 1 atom stereocenters. The van der Waals surface area contributed by atoms with Gasteiger partial charge in [-0.1, -0.05) is 63.1 Å². The van der Waals surface area contributed by atoms with Crippen molar-refractivity contribution in [2.45, 2.75) is 52.1 Å². The minimum Gasteiger partial charge on any atom is -0.456 e. The Morgan fingerprint density at radius 3 is 2.23 bits per heavy atom.